The molecule has 0 bridgehead atoms. The monoisotopic (exact) mass is 324 g/mol. The lowest BCUT2D eigenvalue weighted by Gasteiger charge is -2.24. The Hall–Kier alpha value is -0.380. The van der Waals surface area contributed by atoms with Crippen molar-refractivity contribution in [3.05, 3.63) is 34.3 Å². The first-order valence-electron chi connectivity index (χ1n) is 7.41. The van der Waals surface area contributed by atoms with Gasteiger partial charge in [0.2, 0.25) is 0 Å². The molecule has 1 atom stereocenters. The number of benzene rings is 1. The van der Waals surface area contributed by atoms with E-state index in [1.165, 1.54) is 55.2 Å². The zero-order valence-electron chi connectivity index (χ0n) is 11.9. The first-order valence-corrected chi connectivity index (χ1v) is 8.20. The summed E-state index contributed by atoms with van der Waals surface area (Å²) in [6.45, 7) is 3.43. The highest BCUT2D eigenvalue weighted by molar-refractivity contribution is 9.10. The molecule has 1 aliphatic rings. The Morgan fingerprint density at radius 3 is 2.89 bits per heavy atom. The van der Waals surface area contributed by atoms with Gasteiger partial charge in [0.05, 0.1) is 0 Å². The summed E-state index contributed by atoms with van der Waals surface area (Å²) in [4.78, 5) is 2.42. The van der Waals surface area contributed by atoms with Gasteiger partial charge in [0.25, 0.3) is 0 Å². The summed E-state index contributed by atoms with van der Waals surface area (Å²) in [7, 11) is 2.22. The third-order valence-electron chi connectivity index (χ3n) is 3.90. The van der Waals surface area contributed by atoms with Gasteiger partial charge in [-0.1, -0.05) is 40.5 Å². The molecule has 0 aliphatic carbocycles. The van der Waals surface area contributed by atoms with Gasteiger partial charge in [-0.25, -0.2) is 0 Å². The topological polar surface area (TPSA) is 15.3 Å². The average Bonchev–Trinajstić information content (AvgIpc) is 2.43. The Kier molecular flexibility index (Phi) is 6.35. The van der Waals surface area contributed by atoms with Crippen LogP contribution >= 0.6 is 15.9 Å². The highest BCUT2D eigenvalue weighted by Gasteiger charge is 2.12. The second-order valence-electron chi connectivity index (χ2n) is 5.62. The van der Waals surface area contributed by atoms with Crippen molar-refractivity contribution in [1.29, 1.82) is 0 Å². The molecule has 1 fully saturated rings. The SMILES string of the molecule is CN(CCCC1CCCCN1)Cc1ccccc1Br. The summed E-state index contributed by atoms with van der Waals surface area (Å²) in [5, 5.41) is 3.63. The smallest absolute Gasteiger partial charge is 0.0241 e. The molecule has 2 nitrogen and oxygen atoms in total. The molecule has 1 aliphatic heterocycles. The fourth-order valence-electron chi connectivity index (χ4n) is 2.77. The molecule has 106 valence electrons. The van der Waals surface area contributed by atoms with Crippen LogP contribution in [0, 0.1) is 0 Å². The van der Waals surface area contributed by atoms with Gasteiger partial charge in [-0.05, 0) is 57.5 Å². The minimum absolute atomic E-state index is 0.769. The van der Waals surface area contributed by atoms with Gasteiger partial charge in [0.1, 0.15) is 0 Å². The lowest BCUT2D eigenvalue weighted by atomic mass is 10.0. The van der Waals surface area contributed by atoms with E-state index < -0.39 is 0 Å². The van der Waals surface area contributed by atoms with Crippen LogP contribution in [-0.2, 0) is 6.54 Å². The zero-order chi connectivity index (χ0) is 13.5. The van der Waals surface area contributed by atoms with E-state index in [-0.39, 0.29) is 0 Å². The summed E-state index contributed by atoms with van der Waals surface area (Å²) >= 11 is 3.62. The van der Waals surface area contributed by atoms with E-state index in [4.69, 9.17) is 0 Å². The predicted octanol–water partition coefficient (Wildman–Crippen LogP) is 3.80. The quantitative estimate of drug-likeness (QED) is 0.856. The van der Waals surface area contributed by atoms with Crippen molar-refractivity contribution in [2.45, 2.75) is 44.7 Å². The molecular formula is C16H25BrN2. The third-order valence-corrected chi connectivity index (χ3v) is 4.68. The van der Waals surface area contributed by atoms with Crippen molar-refractivity contribution < 1.29 is 0 Å². The maximum Gasteiger partial charge on any atom is 0.0241 e. The maximum absolute atomic E-state index is 3.63. The molecule has 0 aromatic heterocycles. The summed E-state index contributed by atoms with van der Waals surface area (Å²) in [5.74, 6) is 0. The van der Waals surface area contributed by atoms with Crippen LogP contribution in [-0.4, -0.2) is 31.1 Å². The van der Waals surface area contributed by atoms with Crippen LogP contribution in [0.3, 0.4) is 0 Å². The summed E-state index contributed by atoms with van der Waals surface area (Å²) in [6.07, 6.45) is 6.75. The van der Waals surface area contributed by atoms with E-state index in [0.29, 0.717) is 0 Å². The van der Waals surface area contributed by atoms with Gasteiger partial charge in [-0.2, -0.15) is 0 Å². The van der Waals surface area contributed by atoms with Crippen LogP contribution in [0.1, 0.15) is 37.7 Å². The van der Waals surface area contributed by atoms with Crippen LogP contribution in [0.15, 0.2) is 28.7 Å². The number of hydrogen-bond donors (Lipinski definition) is 1. The fraction of sp³-hybridized carbons (Fsp3) is 0.625. The van der Waals surface area contributed by atoms with Gasteiger partial charge in [-0.15, -0.1) is 0 Å². The Morgan fingerprint density at radius 2 is 2.16 bits per heavy atom. The molecule has 19 heavy (non-hydrogen) atoms. The molecule has 1 aromatic rings. The van der Waals surface area contributed by atoms with E-state index in [0.717, 1.165) is 12.6 Å². The lowest BCUT2D eigenvalue weighted by molar-refractivity contribution is 0.297. The van der Waals surface area contributed by atoms with Crippen molar-refractivity contribution in [2.75, 3.05) is 20.1 Å². The molecule has 1 heterocycles. The van der Waals surface area contributed by atoms with Gasteiger partial charge in [0.15, 0.2) is 0 Å². The first-order chi connectivity index (χ1) is 9.25. The van der Waals surface area contributed by atoms with Crippen molar-refractivity contribution in [1.82, 2.24) is 10.2 Å². The number of piperidine rings is 1. The second kappa shape index (κ2) is 8.03. The third kappa shape index (κ3) is 5.25. The van der Waals surface area contributed by atoms with Crippen molar-refractivity contribution in [2.24, 2.45) is 0 Å². The molecule has 1 aromatic carbocycles. The highest BCUT2D eigenvalue weighted by atomic mass is 79.9. The molecule has 2 rings (SSSR count). The highest BCUT2D eigenvalue weighted by Crippen LogP contribution is 2.18. The first kappa shape index (κ1) is 15.0. The molecule has 3 heteroatoms. The molecule has 0 radical (unpaired) electrons. The maximum atomic E-state index is 3.63. The normalized spacial score (nSPS) is 19.8. The van der Waals surface area contributed by atoms with Gasteiger partial charge >= 0.3 is 0 Å². The van der Waals surface area contributed by atoms with Crippen LogP contribution in [0.25, 0.3) is 0 Å². The van der Waals surface area contributed by atoms with Crippen molar-refractivity contribution in [3.63, 3.8) is 0 Å². The number of nitrogens with one attached hydrogen (secondary N) is 1. The van der Waals surface area contributed by atoms with E-state index in [9.17, 15) is 0 Å². The molecular weight excluding hydrogens is 300 g/mol. The Balaban J connectivity index is 1.67. The van der Waals surface area contributed by atoms with E-state index >= 15 is 0 Å². The summed E-state index contributed by atoms with van der Waals surface area (Å²) < 4.78 is 1.22. The largest absolute Gasteiger partial charge is 0.314 e. The van der Waals surface area contributed by atoms with E-state index in [2.05, 4.69) is 57.5 Å². The van der Waals surface area contributed by atoms with Crippen LogP contribution in [0.2, 0.25) is 0 Å². The zero-order valence-corrected chi connectivity index (χ0v) is 13.5. The van der Waals surface area contributed by atoms with Gasteiger partial charge in [-0.3, -0.25) is 0 Å². The molecule has 1 unspecified atom stereocenters. The molecule has 1 saturated heterocycles. The standard InChI is InChI=1S/C16H25BrN2/c1-19(13-14-7-2-3-10-16(14)17)12-6-9-15-8-4-5-11-18-15/h2-3,7,10,15,18H,4-6,8-9,11-13H2,1H3. The lowest BCUT2D eigenvalue weighted by Crippen LogP contribution is -2.34. The fourth-order valence-corrected chi connectivity index (χ4v) is 3.18. The Morgan fingerprint density at radius 1 is 1.32 bits per heavy atom. The average molecular weight is 325 g/mol. The van der Waals surface area contributed by atoms with E-state index in [1.807, 2.05) is 0 Å². The summed E-state index contributed by atoms with van der Waals surface area (Å²) in [6, 6.07) is 9.27. The number of hydrogen-bond acceptors (Lipinski definition) is 2. The summed E-state index contributed by atoms with van der Waals surface area (Å²) in [5.41, 5.74) is 1.38. The predicted molar refractivity (Wildman–Crippen MR) is 85.4 cm³/mol. The number of halogens is 1. The number of nitrogens with zero attached hydrogens (tertiary/aromatic N) is 1. The molecule has 0 amide bonds. The number of rotatable bonds is 6. The minimum atomic E-state index is 0.769. The molecule has 0 spiro atoms. The molecule has 0 saturated carbocycles. The van der Waals surface area contributed by atoms with E-state index in [1.54, 1.807) is 0 Å². The van der Waals surface area contributed by atoms with Crippen LogP contribution in [0.5, 0.6) is 0 Å². The second-order valence-corrected chi connectivity index (χ2v) is 6.47. The Bertz CT molecular complexity index is 375. The van der Waals surface area contributed by atoms with Crippen LogP contribution in [0.4, 0.5) is 0 Å². The minimum Gasteiger partial charge on any atom is -0.314 e. The van der Waals surface area contributed by atoms with Crippen molar-refractivity contribution in [3.8, 4) is 0 Å². The van der Waals surface area contributed by atoms with Gasteiger partial charge in [0, 0.05) is 17.1 Å². The van der Waals surface area contributed by atoms with Gasteiger partial charge < -0.3 is 10.2 Å². The molecule has 1 N–H and O–H groups in total. The van der Waals surface area contributed by atoms with Crippen molar-refractivity contribution >= 4 is 15.9 Å². The Labute approximate surface area is 125 Å². The van der Waals surface area contributed by atoms with Crippen LogP contribution < -0.4 is 5.32 Å².